The number of oxazole rings is 1. The number of hydrogen-bond donors (Lipinski definition) is 2. The van der Waals surface area contributed by atoms with Gasteiger partial charge >= 0.3 is 0 Å². The third-order valence-electron chi connectivity index (χ3n) is 3.43. The molecule has 0 spiro atoms. The molecule has 0 saturated heterocycles. The Kier molecular flexibility index (Phi) is 3.55. The van der Waals surface area contributed by atoms with Crippen molar-refractivity contribution in [1.29, 1.82) is 0 Å². The zero-order valence-electron chi connectivity index (χ0n) is 12.4. The SMILES string of the molecule is CCC(=O)Nc1cc(C)c(O)c(-c2nc3ccccc3o2)c1. The van der Waals surface area contributed by atoms with Crippen LogP contribution >= 0.6 is 0 Å². The molecule has 0 bridgehead atoms. The minimum atomic E-state index is -0.0893. The Bertz CT molecular complexity index is 819. The number of aryl methyl sites for hydroxylation is 1. The van der Waals surface area contributed by atoms with E-state index in [9.17, 15) is 9.90 Å². The lowest BCUT2D eigenvalue weighted by Crippen LogP contribution is -2.09. The van der Waals surface area contributed by atoms with Crippen molar-refractivity contribution in [2.24, 2.45) is 0 Å². The quantitative estimate of drug-likeness (QED) is 0.720. The summed E-state index contributed by atoms with van der Waals surface area (Å²) < 4.78 is 5.69. The number of para-hydroxylation sites is 2. The predicted molar refractivity (Wildman–Crippen MR) is 84.8 cm³/mol. The largest absolute Gasteiger partial charge is 0.507 e. The van der Waals surface area contributed by atoms with E-state index in [-0.39, 0.29) is 11.7 Å². The van der Waals surface area contributed by atoms with Gasteiger partial charge in [-0.2, -0.15) is 0 Å². The summed E-state index contributed by atoms with van der Waals surface area (Å²) in [5, 5.41) is 13.1. The van der Waals surface area contributed by atoms with Crippen LogP contribution in [0.2, 0.25) is 0 Å². The Hall–Kier alpha value is -2.82. The Balaban J connectivity index is 2.10. The number of amides is 1. The molecule has 2 aromatic carbocycles. The first kappa shape index (κ1) is 14.1. The van der Waals surface area contributed by atoms with Gasteiger partial charge in [-0.1, -0.05) is 19.1 Å². The third kappa shape index (κ3) is 2.53. The van der Waals surface area contributed by atoms with Crippen molar-refractivity contribution >= 4 is 22.7 Å². The summed E-state index contributed by atoms with van der Waals surface area (Å²) in [5.41, 5.74) is 3.09. The van der Waals surface area contributed by atoms with Gasteiger partial charge in [0.1, 0.15) is 11.3 Å². The summed E-state index contributed by atoms with van der Waals surface area (Å²) in [4.78, 5) is 15.9. The number of fused-ring (bicyclic) bond motifs is 1. The number of nitrogens with one attached hydrogen (secondary N) is 1. The smallest absolute Gasteiger partial charge is 0.231 e. The van der Waals surface area contributed by atoms with E-state index < -0.39 is 0 Å². The molecule has 1 aromatic heterocycles. The van der Waals surface area contributed by atoms with Gasteiger partial charge in [0.25, 0.3) is 0 Å². The highest BCUT2D eigenvalue weighted by atomic mass is 16.3. The summed E-state index contributed by atoms with van der Waals surface area (Å²) in [7, 11) is 0. The number of benzene rings is 2. The minimum absolute atomic E-state index is 0.0893. The minimum Gasteiger partial charge on any atom is -0.507 e. The van der Waals surface area contributed by atoms with Gasteiger partial charge in [0.2, 0.25) is 11.8 Å². The molecule has 1 amide bonds. The number of phenols is 1. The van der Waals surface area contributed by atoms with Crippen LogP contribution in [0, 0.1) is 6.92 Å². The number of anilines is 1. The average Bonchev–Trinajstić information content (AvgIpc) is 2.94. The molecule has 5 nitrogen and oxygen atoms in total. The van der Waals surface area contributed by atoms with Crippen molar-refractivity contribution < 1.29 is 14.3 Å². The first-order valence-electron chi connectivity index (χ1n) is 7.08. The molecule has 0 fully saturated rings. The fourth-order valence-corrected chi connectivity index (χ4v) is 2.25. The summed E-state index contributed by atoms with van der Waals surface area (Å²) in [6, 6.07) is 10.8. The predicted octanol–water partition coefficient (Wildman–Crippen LogP) is 3.86. The number of aromatic hydroxyl groups is 1. The van der Waals surface area contributed by atoms with Crippen molar-refractivity contribution in [1.82, 2.24) is 4.98 Å². The number of phenolic OH excluding ortho intramolecular Hbond substituents is 1. The van der Waals surface area contributed by atoms with Crippen molar-refractivity contribution in [3.63, 3.8) is 0 Å². The van der Waals surface area contributed by atoms with Gasteiger partial charge in [-0.05, 0) is 36.8 Å². The molecule has 0 radical (unpaired) electrons. The van der Waals surface area contributed by atoms with Gasteiger partial charge < -0.3 is 14.8 Å². The molecule has 0 aliphatic rings. The molecule has 112 valence electrons. The molecule has 0 atom stereocenters. The maximum absolute atomic E-state index is 11.6. The summed E-state index contributed by atoms with van der Waals surface area (Å²) in [5.74, 6) is 0.337. The van der Waals surface area contributed by atoms with Crippen molar-refractivity contribution in [3.05, 3.63) is 42.0 Å². The van der Waals surface area contributed by atoms with Crippen LogP contribution in [-0.4, -0.2) is 16.0 Å². The average molecular weight is 296 g/mol. The molecule has 0 aliphatic carbocycles. The summed E-state index contributed by atoms with van der Waals surface area (Å²) in [6.07, 6.45) is 0.387. The lowest BCUT2D eigenvalue weighted by Gasteiger charge is -2.09. The molecule has 0 aliphatic heterocycles. The number of nitrogens with zero attached hydrogens (tertiary/aromatic N) is 1. The topological polar surface area (TPSA) is 75.4 Å². The Labute approximate surface area is 127 Å². The van der Waals surface area contributed by atoms with Gasteiger partial charge in [-0.15, -0.1) is 0 Å². The van der Waals surface area contributed by atoms with Crippen molar-refractivity contribution in [2.45, 2.75) is 20.3 Å². The Morgan fingerprint density at radius 3 is 2.82 bits per heavy atom. The zero-order chi connectivity index (χ0) is 15.7. The van der Waals surface area contributed by atoms with Gasteiger partial charge in [-0.3, -0.25) is 4.79 Å². The van der Waals surface area contributed by atoms with Crippen LogP contribution in [0.25, 0.3) is 22.6 Å². The molecule has 0 unspecified atom stereocenters. The third-order valence-corrected chi connectivity index (χ3v) is 3.43. The number of hydrogen-bond acceptors (Lipinski definition) is 4. The van der Waals surface area contributed by atoms with E-state index in [1.165, 1.54) is 0 Å². The number of rotatable bonds is 3. The molecule has 5 heteroatoms. The van der Waals surface area contributed by atoms with Crippen LogP contribution in [0.15, 0.2) is 40.8 Å². The zero-order valence-corrected chi connectivity index (χ0v) is 12.4. The van der Waals surface area contributed by atoms with Crippen LogP contribution in [0.5, 0.6) is 5.75 Å². The summed E-state index contributed by atoms with van der Waals surface area (Å²) in [6.45, 7) is 3.55. The van der Waals surface area contributed by atoms with Crippen molar-refractivity contribution in [3.8, 4) is 17.2 Å². The number of carbonyl (C=O) groups excluding carboxylic acids is 1. The van der Waals surface area contributed by atoms with E-state index in [0.29, 0.717) is 34.7 Å². The van der Waals surface area contributed by atoms with Crippen LogP contribution in [-0.2, 0) is 4.79 Å². The van der Waals surface area contributed by atoms with Gasteiger partial charge in [0.05, 0.1) is 5.56 Å². The molecule has 22 heavy (non-hydrogen) atoms. The van der Waals surface area contributed by atoms with E-state index in [0.717, 1.165) is 5.52 Å². The maximum Gasteiger partial charge on any atom is 0.231 e. The monoisotopic (exact) mass is 296 g/mol. The lowest BCUT2D eigenvalue weighted by atomic mass is 10.1. The van der Waals surface area contributed by atoms with Gasteiger partial charge in [0, 0.05) is 12.1 Å². The van der Waals surface area contributed by atoms with Crippen LogP contribution in [0.3, 0.4) is 0 Å². The summed E-state index contributed by atoms with van der Waals surface area (Å²) >= 11 is 0. The van der Waals surface area contributed by atoms with E-state index in [2.05, 4.69) is 10.3 Å². The first-order chi connectivity index (χ1) is 10.6. The second-order valence-electron chi connectivity index (χ2n) is 5.08. The Morgan fingerprint density at radius 1 is 1.32 bits per heavy atom. The first-order valence-corrected chi connectivity index (χ1v) is 7.08. The highest BCUT2D eigenvalue weighted by molar-refractivity contribution is 5.92. The molecule has 2 N–H and O–H groups in total. The second kappa shape index (κ2) is 5.52. The Morgan fingerprint density at radius 2 is 2.09 bits per heavy atom. The van der Waals surface area contributed by atoms with Crippen LogP contribution < -0.4 is 5.32 Å². The van der Waals surface area contributed by atoms with Crippen LogP contribution in [0.1, 0.15) is 18.9 Å². The maximum atomic E-state index is 11.6. The second-order valence-corrected chi connectivity index (χ2v) is 5.08. The normalized spacial score (nSPS) is 10.8. The van der Waals surface area contributed by atoms with E-state index in [1.54, 1.807) is 26.0 Å². The van der Waals surface area contributed by atoms with Crippen LogP contribution in [0.4, 0.5) is 5.69 Å². The van der Waals surface area contributed by atoms with E-state index in [1.807, 2.05) is 24.3 Å². The van der Waals surface area contributed by atoms with E-state index >= 15 is 0 Å². The lowest BCUT2D eigenvalue weighted by molar-refractivity contribution is -0.115. The van der Waals surface area contributed by atoms with Gasteiger partial charge in [0.15, 0.2) is 5.58 Å². The fraction of sp³-hybridized carbons (Fsp3) is 0.176. The number of carbonyl (C=O) groups is 1. The van der Waals surface area contributed by atoms with Crippen molar-refractivity contribution in [2.75, 3.05) is 5.32 Å². The van der Waals surface area contributed by atoms with E-state index in [4.69, 9.17) is 4.42 Å². The molecular weight excluding hydrogens is 280 g/mol. The molecule has 3 rings (SSSR count). The molecule has 1 heterocycles. The van der Waals surface area contributed by atoms with Gasteiger partial charge in [-0.25, -0.2) is 4.98 Å². The fourth-order valence-electron chi connectivity index (χ4n) is 2.25. The number of aromatic nitrogens is 1. The standard InChI is InChI=1S/C17H16N2O3/c1-3-15(20)18-11-8-10(2)16(21)12(9-11)17-19-13-6-4-5-7-14(13)22-17/h4-9,21H,3H2,1-2H3,(H,18,20). The molecular formula is C17H16N2O3. The highest BCUT2D eigenvalue weighted by Crippen LogP contribution is 2.35. The molecule has 3 aromatic rings. The highest BCUT2D eigenvalue weighted by Gasteiger charge is 2.15. The molecule has 0 saturated carbocycles.